The second kappa shape index (κ2) is 6.81. The van der Waals surface area contributed by atoms with Crippen LogP contribution < -0.4 is 5.73 Å². The maximum atomic E-state index is 11.3. The van der Waals surface area contributed by atoms with Crippen molar-refractivity contribution in [3.63, 3.8) is 0 Å². The van der Waals surface area contributed by atoms with Crippen molar-refractivity contribution < 1.29 is 19.2 Å². The third kappa shape index (κ3) is 6.88. The van der Waals surface area contributed by atoms with Crippen LogP contribution in [-0.4, -0.2) is 28.7 Å². The molecule has 0 saturated heterocycles. The largest absolute Gasteiger partial charge is 0.409 e. The zero-order chi connectivity index (χ0) is 11.0. The molecule has 7 heteroatoms. The van der Waals surface area contributed by atoms with Gasteiger partial charge in [0.05, 0.1) is 12.8 Å². The summed E-state index contributed by atoms with van der Waals surface area (Å²) in [4.78, 5) is 9.23. The van der Waals surface area contributed by atoms with Crippen molar-refractivity contribution in [2.45, 2.75) is 26.2 Å². The molecule has 0 fully saturated rings. The molecule has 1 atom stereocenters. The number of hydrogen-bond donors (Lipinski definition) is 3. The number of nitrogens with zero attached hydrogens (tertiary/aromatic N) is 1. The van der Waals surface area contributed by atoms with Gasteiger partial charge in [0.1, 0.15) is 5.84 Å². The third-order valence-electron chi connectivity index (χ3n) is 1.57. The van der Waals surface area contributed by atoms with Gasteiger partial charge in [0.25, 0.3) is 0 Å². The van der Waals surface area contributed by atoms with Crippen LogP contribution in [0.5, 0.6) is 0 Å². The molecule has 1 unspecified atom stereocenters. The van der Waals surface area contributed by atoms with E-state index in [1.807, 2.05) is 6.92 Å². The van der Waals surface area contributed by atoms with Crippen LogP contribution in [0, 0.1) is 0 Å². The Morgan fingerprint density at radius 2 is 2.29 bits per heavy atom. The summed E-state index contributed by atoms with van der Waals surface area (Å²) < 4.78 is 16.0. The molecule has 0 saturated carbocycles. The van der Waals surface area contributed by atoms with Crippen molar-refractivity contribution in [3.05, 3.63) is 0 Å². The van der Waals surface area contributed by atoms with Gasteiger partial charge in [-0.15, -0.1) is 0 Å². The van der Waals surface area contributed by atoms with E-state index in [-0.39, 0.29) is 25.0 Å². The van der Waals surface area contributed by atoms with E-state index in [0.717, 1.165) is 12.8 Å². The molecule has 6 nitrogen and oxygen atoms in total. The highest BCUT2D eigenvalue weighted by Gasteiger charge is 2.19. The van der Waals surface area contributed by atoms with Crippen LogP contribution in [0.2, 0.25) is 0 Å². The molecule has 0 aliphatic rings. The van der Waals surface area contributed by atoms with Gasteiger partial charge in [-0.3, -0.25) is 4.57 Å². The molecular weight excluding hydrogens is 207 g/mol. The summed E-state index contributed by atoms with van der Waals surface area (Å²) in [6.07, 6.45) is 1.58. The third-order valence-corrected chi connectivity index (χ3v) is 2.94. The van der Waals surface area contributed by atoms with Gasteiger partial charge in [-0.05, 0) is 6.42 Å². The van der Waals surface area contributed by atoms with Crippen LogP contribution in [0.25, 0.3) is 0 Å². The fourth-order valence-corrected chi connectivity index (χ4v) is 1.78. The zero-order valence-corrected chi connectivity index (χ0v) is 9.11. The number of rotatable bonds is 7. The van der Waals surface area contributed by atoms with Crippen LogP contribution in [-0.2, 0) is 9.09 Å². The van der Waals surface area contributed by atoms with Crippen molar-refractivity contribution >= 4 is 13.4 Å². The maximum Gasteiger partial charge on any atom is 0.328 e. The highest BCUT2D eigenvalue weighted by Crippen LogP contribution is 2.42. The average Bonchev–Trinajstić information content (AvgIpc) is 2.14. The van der Waals surface area contributed by atoms with E-state index in [1.54, 1.807) is 0 Å². The van der Waals surface area contributed by atoms with E-state index in [0.29, 0.717) is 0 Å². The van der Waals surface area contributed by atoms with Gasteiger partial charge < -0.3 is 20.4 Å². The minimum atomic E-state index is -3.56. The standard InChI is InChI=1S/C7H17N2O4P/c1-2-3-5-13-14(11,12)6-4-7(8)9-10/h10H,2-6H2,1H3,(H2,8,9)(H,11,12). The molecule has 0 spiro atoms. The fourth-order valence-electron chi connectivity index (χ4n) is 0.722. The molecule has 0 aliphatic heterocycles. The Balaban J connectivity index is 3.78. The molecule has 0 aromatic carbocycles. The van der Waals surface area contributed by atoms with Crippen molar-refractivity contribution in [3.8, 4) is 0 Å². The molecule has 0 bridgehead atoms. The normalized spacial score (nSPS) is 16.6. The molecule has 4 N–H and O–H groups in total. The monoisotopic (exact) mass is 224 g/mol. The first-order valence-corrected chi connectivity index (χ1v) is 6.21. The molecule has 84 valence electrons. The molecule has 0 rings (SSSR count). The Kier molecular flexibility index (Phi) is 6.53. The van der Waals surface area contributed by atoms with Gasteiger partial charge in [-0.2, -0.15) is 0 Å². The minimum absolute atomic E-state index is 0.0520. The molecule has 0 heterocycles. The number of oxime groups is 1. The summed E-state index contributed by atoms with van der Waals surface area (Å²) in [5, 5.41) is 10.9. The molecular formula is C7H17N2O4P. The Morgan fingerprint density at radius 3 is 2.79 bits per heavy atom. The molecule has 0 radical (unpaired) electrons. The lowest BCUT2D eigenvalue weighted by Crippen LogP contribution is -2.13. The van der Waals surface area contributed by atoms with Gasteiger partial charge in [0.2, 0.25) is 0 Å². The summed E-state index contributed by atoms with van der Waals surface area (Å²) in [6.45, 7) is 2.22. The second-order valence-corrected chi connectivity index (χ2v) is 4.87. The Morgan fingerprint density at radius 1 is 1.64 bits per heavy atom. The summed E-state index contributed by atoms with van der Waals surface area (Å²) >= 11 is 0. The Bertz CT molecular complexity index is 232. The first-order valence-electron chi connectivity index (χ1n) is 4.44. The molecule has 0 aliphatic carbocycles. The average molecular weight is 224 g/mol. The Labute approximate surface area is 83.3 Å². The Hall–Kier alpha value is -0.580. The van der Waals surface area contributed by atoms with E-state index in [2.05, 4.69) is 5.16 Å². The topological polar surface area (TPSA) is 105 Å². The summed E-state index contributed by atoms with van der Waals surface area (Å²) in [5.41, 5.74) is 5.15. The van der Waals surface area contributed by atoms with Gasteiger partial charge in [0, 0.05) is 6.42 Å². The SMILES string of the molecule is CCCCOP(=O)(O)CCC(N)=NO. The van der Waals surface area contributed by atoms with Crippen LogP contribution in [0.3, 0.4) is 0 Å². The fraction of sp³-hybridized carbons (Fsp3) is 0.857. The lowest BCUT2D eigenvalue weighted by atomic mass is 10.4. The smallest absolute Gasteiger partial charge is 0.328 e. The predicted molar refractivity (Wildman–Crippen MR) is 53.6 cm³/mol. The van der Waals surface area contributed by atoms with Gasteiger partial charge >= 0.3 is 7.60 Å². The van der Waals surface area contributed by atoms with E-state index >= 15 is 0 Å². The van der Waals surface area contributed by atoms with Crippen molar-refractivity contribution in [1.82, 2.24) is 0 Å². The maximum absolute atomic E-state index is 11.3. The molecule has 0 aromatic heterocycles. The second-order valence-electron chi connectivity index (χ2n) is 2.89. The number of unbranched alkanes of at least 4 members (excludes halogenated alkanes) is 1. The molecule has 0 aromatic rings. The van der Waals surface area contributed by atoms with Crippen LogP contribution in [0.15, 0.2) is 5.16 Å². The van der Waals surface area contributed by atoms with Gasteiger partial charge in [-0.1, -0.05) is 18.5 Å². The molecule has 14 heavy (non-hydrogen) atoms. The lowest BCUT2D eigenvalue weighted by molar-refractivity contribution is 0.255. The lowest BCUT2D eigenvalue weighted by Gasteiger charge is -2.10. The number of amidine groups is 1. The number of nitrogens with two attached hydrogens (primary N) is 1. The highest BCUT2D eigenvalue weighted by atomic mass is 31.2. The van der Waals surface area contributed by atoms with Gasteiger partial charge in [-0.25, -0.2) is 0 Å². The number of hydrogen-bond acceptors (Lipinski definition) is 4. The van der Waals surface area contributed by atoms with E-state index in [1.165, 1.54) is 0 Å². The minimum Gasteiger partial charge on any atom is -0.409 e. The quantitative estimate of drug-likeness (QED) is 0.150. The van der Waals surface area contributed by atoms with Crippen LogP contribution in [0.1, 0.15) is 26.2 Å². The van der Waals surface area contributed by atoms with Crippen molar-refractivity contribution in [2.75, 3.05) is 12.8 Å². The van der Waals surface area contributed by atoms with Crippen LogP contribution in [0.4, 0.5) is 0 Å². The summed E-state index contributed by atoms with van der Waals surface area (Å²) in [6, 6.07) is 0. The predicted octanol–water partition coefficient (Wildman–Crippen LogP) is 1.12. The van der Waals surface area contributed by atoms with E-state index in [4.69, 9.17) is 15.5 Å². The van der Waals surface area contributed by atoms with E-state index in [9.17, 15) is 9.46 Å². The zero-order valence-electron chi connectivity index (χ0n) is 8.22. The summed E-state index contributed by atoms with van der Waals surface area (Å²) in [7, 11) is -3.56. The van der Waals surface area contributed by atoms with Crippen molar-refractivity contribution in [2.24, 2.45) is 10.9 Å². The van der Waals surface area contributed by atoms with E-state index < -0.39 is 7.60 Å². The van der Waals surface area contributed by atoms with Crippen molar-refractivity contribution in [1.29, 1.82) is 0 Å². The first-order chi connectivity index (χ1) is 6.52. The molecule has 0 amide bonds. The highest BCUT2D eigenvalue weighted by molar-refractivity contribution is 7.52. The first kappa shape index (κ1) is 13.4. The van der Waals surface area contributed by atoms with Gasteiger partial charge in [0.15, 0.2) is 0 Å². The van der Waals surface area contributed by atoms with Crippen LogP contribution >= 0.6 is 7.60 Å². The summed E-state index contributed by atoms with van der Waals surface area (Å²) in [5.74, 6) is -0.0710.